The molecule has 140 valence electrons. The summed E-state index contributed by atoms with van der Waals surface area (Å²) in [5.74, 6) is 1.21. The van der Waals surface area contributed by atoms with Gasteiger partial charge in [0.2, 0.25) is 0 Å². The van der Waals surface area contributed by atoms with Crippen molar-refractivity contribution in [2.45, 2.75) is 33.2 Å². The first-order chi connectivity index (χ1) is 12.9. The van der Waals surface area contributed by atoms with Crippen LogP contribution in [0.25, 0.3) is 10.9 Å². The van der Waals surface area contributed by atoms with Crippen LogP contribution in [0.15, 0.2) is 47.5 Å². The van der Waals surface area contributed by atoms with E-state index in [1.165, 1.54) is 40.2 Å². The number of ether oxygens (including phenoxy) is 1. The third-order valence-corrected chi connectivity index (χ3v) is 4.48. The van der Waals surface area contributed by atoms with E-state index in [1.54, 1.807) is 0 Å². The quantitative estimate of drug-likeness (QED) is 0.488. The third kappa shape index (κ3) is 3.97. The van der Waals surface area contributed by atoms with Gasteiger partial charge in [0.1, 0.15) is 12.4 Å². The fourth-order valence-corrected chi connectivity index (χ4v) is 3.07. The Balaban J connectivity index is 1.73. The second-order valence-corrected chi connectivity index (χ2v) is 6.72. The van der Waals surface area contributed by atoms with Gasteiger partial charge in [0.25, 0.3) is 11.2 Å². The van der Waals surface area contributed by atoms with E-state index in [0.717, 1.165) is 5.75 Å². The Bertz CT molecular complexity index is 1060. The van der Waals surface area contributed by atoms with Crippen LogP contribution in [-0.2, 0) is 6.54 Å². The Morgan fingerprint density at radius 1 is 1.22 bits per heavy atom. The molecule has 0 aliphatic carbocycles. The van der Waals surface area contributed by atoms with Crippen LogP contribution in [0.2, 0.25) is 0 Å². The molecule has 0 unspecified atom stereocenters. The van der Waals surface area contributed by atoms with Crippen molar-refractivity contribution in [3.63, 3.8) is 0 Å². The number of nitro groups is 1. The molecule has 0 radical (unpaired) electrons. The average Bonchev–Trinajstić information content (AvgIpc) is 2.63. The first kappa shape index (κ1) is 18.6. The summed E-state index contributed by atoms with van der Waals surface area (Å²) in [4.78, 5) is 27.0. The largest absolute Gasteiger partial charge is 0.492 e. The molecule has 0 spiro atoms. The van der Waals surface area contributed by atoms with Crippen molar-refractivity contribution in [3.8, 4) is 5.75 Å². The van der Waals surface area contributed by atoms with Crippen molar-refractivity contribution in [1.82, 2.24) is 9.55 Å². The minimum Gasteiger partial charge on any atom is -0.492 e. The van der Waals surface area contributed by atoms with Crippen molar-refractivity contribution >= 4 is 16.6 Å². The smallest absolute Gasteiger partial charge is 0.271 e. The third-order valence-electron chi connectivity index (χ3n) is 4.48. The van der Waals surface area contributed by atoms with Crippen LogP contribution in [0.3, 0.4) is 0 Å². The molecule has 1 aromatic heterocycles. The molecule has 0 bridgehead atoms. The maximum atomic E-state index is 12.5. The minimum atomic E-state index is -0.507. The number of aromatic nitrogens is 2. The number of fused-ring (bicyclic) bond motifs is 1. The first-order valence-corrected chi connectivity index (χ1v) is 8.73. The van der Waals surface area contributed by atoms with Gasteiger partial charge in [-0.25, -0.2) is 4.98 Å². The first-order valence-electron chi connectivity index (χ1n) is 8.73. The van der Waals surface area contributed by atoms with Crippen molar-refractivity contribution in [1.29, 1.82) is 0 Å². The van der Waals surface area contributed by atoms with Gasteiger partial charge in [0.15, 0.2) is 0 Å². The van der Waals surface area contributed by atoms with Gasteiger partial charge in [-0.3, -0.25) is 19.5 Å². The Labute approximate surface area is 156 Å². The molecular weight excluding hydrogens is 346 g/mol. The predicted molar refractivity (Wildman–Crippen MR) is 103 cm³/mol. The van der Waals surface area contributed by atoms with Gasteiger partial charge in [-0.1, -0.05) is 19.9 Å². The molecule has 0 atom stereocenters. The fraction of sp³-hybridized carbons (Fsp3) is 0.300. The Morgan fingerprint density at radius 3 is 2.67 bits per heavy atom. The molecule has 0 N–H and O–H groups in total. The zero-order valence-corrected chi connectivity index (χ0v) is 15.5. The van der Waals surface area contributed by atoms with Crippen molar-refractivity contribution < 1.29 is 9.66 Å². The topological polar surface area (TPSA) is 87.3 Å². The lowest BCUT2D eigenvalue weighted by molar-refractivity contribution is -0.384. The van der Waals surface area contributed by atoms with Crippen LogP contribution in [0.4, 0.5) is 5.69 Å². The van der Waals surface area contributed by atoms with E-state index in [9.17, 15) is 14.9 Å². The van der Waals surface area contributed by atoms with Gasteiger partial charge < -0.3 is 4.74 Å². The van der Waals surface area contributed by atoms with Crippen LogP contribution in [0, 0.1) is 17.0 Å². The second kappa shape index (κ2) is 7.57. The van der Waals surface area contributed by atoms with E-state index in [2.05, 4.69) is 31.8 Å². The summed E-state index contributed by atoms with van der Waals surface area (Å²) >= 11 is 0. The highest BCUT2D eigenvalue weighted by Gasteiger charge is 2.10. The Kier molecular flexibility index (Phi) is 5.21. The number of non-ortho nitro benzene ring substituents is 1. The van der Waals surface area contributed by atoms with E-state index in [-0.39, 0.29) is 11.2 Å². The van der Waals surface area contributed by atoms with E-state index in [4.69, 9.17) is 4.74 Å². The lowest BCUT2D eigenvalue weighted by Gasteiger charge is -2.13. The van der Waals surface area contributed by atoms with Crippen LogP contribution in [0.1, 0.15) is 30.9 Å². The van der Waals surface area contributed by atoms with Gasteiger partial charge in [-0.2, -0.15) is 0 Å². The lowest BCUT2D eigenvalue weighted by Crippen LogP contribution is -2.23. The maximum Gasteiger partial charge on any atom is 0.271 e. The molecule has 0 aliphatic heterocycles. The molecule has 2 aromatic carbocycles. The summed E-state index contributed by atoms with van der Waals surface area (Å²) in [6.07, 6.45) is 1.39. The van der Waals surface area contributed by atoms with E-state index in [0.29, 0.717) is 30.0 Å². The summed E-state index contributed by atoms with van der Waals surface area (Å²) in [5, 5.41) is 11.2. The summed E-state index contributed by atoms with van der Waals surface area (Å²) < 4.78 is 7.21. The minimum absolute atomic E-state index is 0.0873. The molecular formula is C20H21N3O4. The lowest BCUT2D eigenvalue weighted by atomic mass is 9.98. The standard InChI is InChI=1S/C20H21N3O4/c1-13(2)17-7-5-16(10-14(17)3)27-9-8-22-12-21-19-11-15(23(25)26)4-6-18(19)20(22)24/h4-7,10-13H,8-9H2,1-3H3. The zero-order chi connectivity index (χ0) is 19.6. The normalized spacial score (nSPS) is 11.1. The van der Waals surface area contributed by atoms with Crippen molar-refractivity contribution in [2.24, 2.45) is 0 Å². The number of hydrogen-bond donors (Lipinski definition) is 0. The second-order valence-electron chi connectivity index (χ2n) is 6.72. The van der Waals surface area contributed by atoms with Gasteiger partial charge >= 0.3 is 0 Å². The molecule has 3 rings (SSSR count). The molecule has 1 heterocycles. The molecule has 7 heteroatoms. The SMILES string of the molecule is Cc1cc(OCCn2cnc3cc([N+](=O)[O-])ccc3c2=O)ccc1C(C)C. The van der Waals surface area contributed by atoms with E-state index < -0.39 is 4.92 Å². The fourth-order valence-electron chi connectivity index (χ4n) is 3.07. The van der Waals surface area contributed by atoms with Crippen molar-refractivity contribution in [2.75, 3.05) is 6.61 Å². The van der Waals surface area contributed by atoms with Gasteiger partial charge in [-0.15, -0.1) is 0 Å². The van der Waals surface area contributed by atoms with Gasteiger partial charge in [-0.05, 0) is 42.2 Å². The maximum absolute atomic E-state index is 12.5. The number of rotatable bonds is 6. The molecule has 0 amide bonds. The number of hydrogen-bond acceptors (Lipinski definition) is 5. The summed E-state index contributed by atoms with van der Waals surface area (Å²) in [7, 11) is 0. The average molecular weight is 367 g/mol. The summed E-state index contributed by atoms with van der Waals surface area (Å²) in [6, 6.07) is 10.0. The van der Waals surface area contributed by atoms with Crippen LogP contribution in [-0.4, -0.2) is 21.1 Å². The van der Waals surface area contributed by atoms with Gasteiger partial charge in [0.05, 0.1) is 28.7 Å². The number of nitro benzene ring substituents is 1. The van der Waals surface area contributed by atoms with Crippen molar-refractivity contribution in [3.05, 3.63) is 74.3 Å². The Hall–Kier alpha value is -3.22. The van der Waals surface area contributed by atoms with Gasteiger partial charge in [0, 0.05) is 12.1 Å². The van der Waals surface area contributed by atoms with Crippen LogP contribution in [0.5, 0.6) is 5.75 Å². The molecule has 0 fully saturated rings. The molecule has 0 aliphatic rings. The highest BCUT2D eigenvalue weighted by molar-refractivity contribution is 5.79. The monoisotopic (exact) mass is 367 g/mol. The highest BCUT2D eigenvalue weighted by atomic mass is 16.6. The molecule has 0 saturated heterocycles. The molecule has 0 saturated carbocycles. The zero-order valence-electron chi connectivity index (χ0n) is 15.5. The molecule has 27 heavy (non-hydrogen) atoms. The van der Waals surface area contributed by atoms with Crippen LogP contribution < -0.4 is 10.3 Å². The summed E-state index contributed by atoms with van der Waals surface area (Å²) in [5.41, 5.74) is 2.44. The number of benzene rings is 2. The molecule has 7 nitrogen and oxygen atoms in total. The number of nitrogens with zero attached hydrogens (tertiary/aromatic N) is 3. The van der Waals surface area contributed by atoms with Crippen LogP contribution >= 0.6 is 0 Å². The summed E-state index contributed by atoms with van der Waals surface area (Å²) in [6.45, 7) is 7.01. The predicted octanol–water partition coefficient (Wildman–Crippen LogP) is 3.82. The molecule has 3 aromatic rings. The van der Waals surface area contributed by atoms with E-state index >= 15 is 0 Å². The number of aryl methyl sites for hydroxylation is 1. The van der Waals surface area contributed by atoms with E-state index in [1.807, 2.05) is 12.1 Å². The Morgan fingerprint density at radius 2 is 2.00 bits per heavy atom. The highest BCUT2D eigenvalue weighted by Crippen LogP contribution is 2.23.